The van der Waals surface area contributed by atoms with Gasteiger partial charge < -0.3 is 9.47 Å². The van der Waals surface area contributed by atoms with Gasteiger partial charge in [-0.25, -0.2) is 0 Å². The van der Waals surface area contributed by atoms with Crippen molar-refractivity contribution in [3.05, 3.63) is 0 Å². The van der Waals surface area contributed by atoms with Crippen molar-refractivity contribution in [2.45, 2.75) is 206 Å². The number of rotatable bonds is 36. The fourth-order valence-electron chi connectivity index (χ4n) is 5.81. The van der Waals surface area contributed by atoms with E-state index in [0.717, 1.165) is 25.7 Å². The van der Waals surface area contributed by atoms with Crippen LogP contribution >= 0.6 is 0 Å². The molecule has 0 aromatic rings. The topological polar surface area (TPSA) is 55.8 Å². The van der Waals surface area contributed by atoms with Crippen LogP contribution in [0.2, 0.25) is 0 Å². The van der Waals surface area contributed by atoms with E-state index in [2.05, 4.69) is 18.7 Å². The van der Waals surface area contributed by atoms with Crippen LogP contribution in [0.4, 0.5) is 0 Å². The molecule has 0 saturated heterocycles. The molecule has 0 aromatic heterocycles. The third-order valence-corrected chi connectivity index (χ3v) is 8.94. The maximum absolute atomic E-state index is 12.0. The Hall–Kier alpha value is -1.10. The zero-order chi connectivity index (χ0) is 32.2. The van der Waals surface area contributed by atoms with Crippen LogP contribution in [0.5, 0.6) is 0 Å². The highest BCUT2D eigenvalue weighted by Crippen LogP contribution is 2.15. The van der Waals surface area contributed by atoms with Gasteiger partial charge in [-0.2, -0.15) is 0 Å². The molecule has 0 amide bonds. The number of esters is 2. The van der Waals surface area contributed by atoms with Crippen LogP contribution in [0.25, 0.3) is 0 Å². The minimum atomic E-state index is -0.0862. The van der Waals surface area contributed by atoms with Gasteiger partial charge in [0, 0.05) is 25.9 Å². The van der Waals surface area contributed by atoms with Gasteiger partial charge in [0.25, 0.3) is 0 Å². The van der Waals surface area contributed by atoms with Gasteiger partial charge in [-0.05, 0) is 19.9 Å². The fourth-order valence-corrected chi connectivity index (χ4v) is 5.81. The second kappa shape index (κ2) is 36.4. The average molecular weight is 624 g/mol. The van der Waals surface area contributed by atoms with Crippen molar-refractivity contribution in [1.29, 1.82) is 0 Å². The molecule has 0 rings (SSSR count). The second-order valence-corrected chi connectivity index (χ2v) is 13.4. The van der Waals surface area contributed by atoms with Gasteiger partial charge in [-0.1, -0.05) is 181 Å². The molecule has 0 spiro atoms. The van der Waals surface area contributed by atoms with E-state index >= 15 is 0 Å². The molecule has 0 N–H and O–H groups in total. The Morgan fingerprint density at radius 3 is 0.864 bits per heavy atom. The lowest BCUT2D eigenvalue weighted by atomic mass is 10.0. The number of hydrogen-bond acceptors (Lipinski definition) is 5. The van der Waals surface area contributed by atoms with Crippen LogP contribution in [0, 0.1) is 0 Å². The quantitative estimate of drug-likeness (QED) is 0.0513. The summed E-state index contributed by atoms with van der Waals surface area (Å²) in [5, 5.41) is 0. The van der Waals surface area contributed by atoms with Crippen LogP contribution in [0.15, 0.2) is 0 Å². The van der Waals surface area contributed by atoms with Crippen LogP contribution in [-0.2, 0) is 19.1 Å². The molecule has 5 heteroatoms. The summed E-state index contributed by atoms with van der Waals surface area (Å²) in [5.74, 6) is -0.172. The zero-order valence-corrected chi connectivity index (χ0v) is 30.1. The van der Waals surface area contributed by atoms with E-state index < -0.39 is 0 Å². The first kappa shape index (κ1) is 42.9. The van der Waals surface area contributed by atoms with Crippen molar-refractivity contribution < 1.29 is 19.1 Å². The molecule has 5 nitrogen and oxygen atoms in total. The summed E-state index contributed by atoms with van der Waals surface area (Å²) >= 11 is 0. The molecule has 0 aliphatic carbocycles. The first-order chi connectivity index (χ1) is 21.6. The molecule has 0 unspecified atom stereocenters. The van der Waals surface area contributed by atoms with Crippen LogP contribution in [-0.4, -0.2) is 50.2 Å². The smallest absolute Gasteiger partial charge is 0.305 e. The van der Waals surface area contributed by atoms with E-state index in [0.29, 0.717) is 39.1 Å². The lowest BCUT2D eigenvalue weighted by Gasteiger charge is -2.16. The standard InChI is InChI=1S/C39H77NO4/c1-4-6-8-10-12-14-16-18-20-22-24-26-28-30-32-38(41)43-36-34-40(3)35-37-44-39(42)33-31-29-27-25-23-21-19-17-15-13-11-9-7-5-2/h4-37H2,1-3H3. The van der Waals surface area contributed by atoms with Crippen LogP contribution < -0.4 is 0 Å². The average Bonchev–Trinajstić information content (AvgIpc) is 3.01. The summed E-state index contributed by atoms with van der Waals surface area (Å²) in [6, 6.07) is 0. The van der Waals surface area contributed by atoms with Crippen molar-refractivity contribution in [2.75, 3.05) is 33.4 Å². The first-order valence-electron chi connectivity index (χ1n) is 19.6. The minimum Gasteiger partial charge on any atom is -0.464 e. The maximum atomic E-state index is 12.0. The summed E-state index contributed by atoms with van der Waals surface area (Å²) in [4.78, 5) is 26.1. The number of nitrogens with zero attached hydrogens (tertiary/aromatic N) is 1. The Balaban J connectivity index is 3.37. The number of ether oxygens (including phenoxy) is 2. The third kappa shape index (κ3) is 35.4. The Morgan fingerprint density at radius 2 is 0.614 bits per heavy atom. The van der Waals surface area contributed by atoms with Gasteiger partial charge in [0.05, 0.1) is 0 Å². The largest absolute Gasteiger partial charge is 0.464 e. The van der Waals surface area contributed by atoms with Crippen molar-refractivity contribution in [1.82, 2.24) is 4.90 Å². The predicted molar refractivity (Wildman–Crippen MR) is 189 cm³/mol. The van der Waals surface area contributed by atoms with Gasteiger partial charge in [-0.15, -0.1) is 0 Å². The monoisotopic (exact) mass is 624 g/mol. The molecule has 0 fully saturated rings. The summed E-state index contributed by atoms with van der Waals surface area (Å²) in [6.45, 7) is 6.69. The van der Waals surface area contributed by atoms with E-state index in [9.17, 15) is 9.59 Å². The van der Waals surface area contributed by atoms with Crippen molar-refractivity contribution >= 4 is 11.9 Å². The van der Waals surface area contributed by atoms with Crippen LogP contribution in [0.1, 0.15) is 206 Å². The SMILES string of the molecule is CCCCCCCCCCCCCCCCC(=O)OCCN(C)CCOC(=O)CCCCCCCCCCCCCCCC. The van der Waals surface area contributed by atoms with Crippen LogP contribution in [0.3, 0.4) is 0 Å². The molecule has 0 radical (unpaired) electrons. The molecule has 0 aromatic carbocycles. The summed E-state index contributed by atoms with van der Waals surface area (Å²) in [5.41, 5.74) is 0. The number of likely N-dealkylation sites (N-methyl/N-ethyl adjacent to an activating group) is 1. The van der Waals surface area contributed by atoms with E-state index in [4.69, 9.17) is 9.47 Å². The van der Waals surface area contributed by atoms with E-state index in [1.54, 1.807) is 0 Å². The molecule has 0 heterocycles. The molecule has 0 saturated carbocycles. The number of hydrogen-bond donors (Lipinski definition) is 0. The zero-order valence-electron chi connectivity index (χ0n) is 30.1. The maximum Gasteiger partial charge on any atom is 0.305 e. The Labute approximate surface area is 275 Å². The Morgan fingerprint density at radius 1 is 0.386 bits per heavy atom. The normalized spacial score (nSPS) is 11.4. The summed E-state index contributed by atoms with van der Waals surface area (Å²) < 4.78 is 10.8. The van der Waals surface area contributed by atoms with Gasteiger partial charge in [0.15, 0.2) is 0 Å². The molecule has 44 heavy (non-hydrogen) atoms. The molecule has 0 atom stereocenters. The molecule has 0 aliphatic heterocycles. The van der Waals surface area contributed by atoms with Gasteiger partial charge in [-0.3, -0.25) is 14.5 Å². The van der Waals surface area contributed by atoms with Gasteiger partial charge in [0.1, 0.15) is 13.2 Å². The highest BCUT2D eigenvalue weighted by molar-refractivity contribution is 5.69. The van der Waals surface area contributed by atoms with Gasteiger partial charge >= 0.3 is 11.9 Å². The molecule has 0 bridgehead atoms. The summed E-state index contributed by atoms with van der Waals surface area (Å²) in [6.07, 6.45) is 38.0. The Kier molecular flexibility index (Phi) is 35.5. The predicted octanol–water partition coefficient (Wildman–Crippen LogP) is 11.7. The summed E-state index contributed by atoms with van der Waals surface area (Å²) in [7, 11) is 1.98. The van der Waals surface area contributed by atoms with Gasteiger partial charge in [0.2, 0.25) is 0 Å². The van der Waals surface area contributed by atoms with Crippen molar-refractivity contribution in [2.24, 2.45) is 0 Å². The number of unbranched alkanes of at least 4 members (excludes halogenated alkanes) is 26. The Bertz CT molecular complexity index is 547. The van der Waals surface area contributed by atoms with Crippen molar-refractivity contribution in [3.63, 3.8) is 0 Å². The van der Waals surface area contributed by atoms with E-state index in [1.807, 2.05) is 7.05 Å². The molecular weight excluding hydrogens is 546 g/mol. The lowest BCUT2D eigenvalue weighted by Crippen LogP contribution is -2.28. The number of carbonyl (C=O) groups is 2. The van der Waals surface area contributed by atoms with E-state index in [-0.39, 0.29) is 11.9 Å². The molecular formula is C39H77NO4. The first-order valence-corrected chi connectivity index (χ1v) is 19.6. The minimum absolute atomic E-state index is 0.0862. The molecule has 0 aliphatic rings. The van der Waals surface area contributed by atoms with Crippen molar-refractivity contribution in [3.8, 4) is 0 Å². The highest BCUT2D eigenvalue weighted by Gasteiger charge is 2.07. The second-order valence-electron chi connectivity index (χ2n) is 13.4. The fraction of sp³-hybridized carbons (Fsp3) is 0.949. The third-order valence-electron chi connectivity index (χ3n) is 8.94. The molecule has 262 valence electrons. The number of carbonyl (C=O) groups excluding carboxylic acids is 2. The lowest BCUT2D eigenvalue weighted by molar-refractivity contribution is -0.144. The van der Waals surface area contributed by atoms with E-state index in [1.165, 1.54) is 154 Å². The highest BCUT2D eigenvalue weighted by atomic mass is 16.5.